The number of carbonyl (C=O) groups excluding carboxylic acids is 1. The third-order valence-corrected chi connectivity index (χ3v) is 1.05. The summed E-state index contributed by atoms with van der Waals surface area (Å²) in [6.45, 7) is 0. The van der Waals surface area contributed by atoms with Gasteiger partial charge in [0.2, 0.25) is 0 Å². The van der Waals surface area contributed by atoms with E-state index in [0.29, 0.717) is 6.29 Å². The lowest BCUT2D eigenvalue weighted by molar-refractivity contribution is 0.0693. The Balaban J connectivity index is 3.13. The highest BCUT2D eigenvalue weighted by molar-refractivity contribution is 5.96. The second kappa shape index (κ2) is 2.34. The molecule has 10 heavy (non-hydrogen) atoms. The molecule has 0 spiro atoms. The SMILES string of the molecule is O=Cc1cocc1C(=O)O. The highest BCUT2D eigenvalue weighted by Gasteiger charge is 2.10. The van der Waals surface area contributed by atoms with Crippen LogP contribution in [0.1, 0.15) is 20.7 Å². The molecule has 1 heterocycles. The first-order valence-corrected chi connectivity index (χ1v) is 2.50. The minimum absolute atomic E-state index is 0.0625. The summed E-state index contributed by atoms with van der Waals surface area (Å²) in [7, 11) is 0. The van der Waals surface area contributed by atoms with Crippen LogP contribution in [0, 0.1) is 0 Å². The van der Waals surface area contributed by atoms with E-state index in [2.05, 4.69) is 4.42 Å². The van der Waals surface area contributed by atoms with Crippen molar-refractivity contribution in [1.82, 2.24) is 0 Å². The topological polar surface area (TPSA) is 67.5 Å². The molecule has 1 rings (SSSR count). The van der Waals surface area contributed by atoms with Crippen molar-refractivity contribution in [2.75, 3.05) is 0 Å². The van der Waals surface area contributed by atoms with Gasteiger partial charge in [0.25, 0.3) is 0 Å². The van der Waals surface area contributed by atoms with Crippen LogP contribution in [-0.2, 0) is 0 Å². The molecule has 0 aliphatic heterocycles. The first-order chi connectivity index (χ1) is 4.75. The Morgan fingerprint density at radius 1 is 1.60 bits per heavy atom. The van der Waals surface area contributed by atoms with Crippen molar-refractivity contribution in [2.24, 2.45) is 0 Å². The van der Waals surface area contributed by atoms with E-state index in [9.17, 15) is 9.59 Å². The molecule has 0 aliphatic carbocycles. The maximum Gasteiger partial charge on any atom is 0.339 e. The van der Waals surface area contributed by atoms with Crippen LogP contribution in [0.5, 0.6) is 0 Å². The van der Waals surface area contributed by atoms with Crippen LogP contribution >= 0.6 is 0 Å². The molecular formula is C6H4O4. The average Bonchev–Trinajstić information content (AvgIpc) is 2.33. The van der Waals surface area contributed by atoms with Crippen LogP contribution in [0.4, 0.5) is 0 Å². The number of carboxylic acid groups (broad SMARTS) is 1. The second-order valence-corrected chi connectivity index (χ2v) is 1.66. The van der Waals surface area contributed by atoms with Gasteiger partial charge in [0.05, 0.1) is 5.56 Å². The van der Waals surface area contributed by atoms with Crippen LogP contribution in [-0.4, -0.2) is 17.4 Å². The summed E-state index contributed by atoms with van der Waals surface area (Å²) >= 11 is 0. The predicted molar refractivity (Wildman–Crippen MR) is 31.1 cm³/mol. The molecule has 0 fully saturated rings. The third kappa shape index (κ3) is 0.907. The minimum Gasteiger partial charge on any atom is -0.478 e. The van der Waals surface area contributed by atoms with Crippen molar-refractivity contribution in [3.05, 3.63) is 23.7 Å². The zero-order valence-corrected chi connectivity index (χ0v) is 4.90. The summed E-state index contributed by atoms with van der Waals surface area (Å²) in [6.07, 6.45) is 2.55. The number of aldehydes is 1. The van der Waals surface area contributed by atoms with Gasteiger partial charge in [-0.1, -0.05) is 0 Å². The monoisotopic (exact) mass is 140 g/mol. The first kappa shape index (κ1) is 6.54. The molecule has 0 saturated carbocycles. The van der Waals surface area contributed by atoms with E-state index in [1.54, 1.807) is 0 Å². The van der Waals surface area contributed by atoms with Gasteiger partial charge >= 0.3 is 5.97 Å². The van der Waals surface area contributed by atoms with Crippen LogP contribution in [0.15, 0.2) is 16.9 Å². The Kier molecular flexibility index (Phi) is 1.53. The summed E-state index contributed by atoms with van der Waals surface area (Å²) < 4.78 is 4.49. The van der Waals surface area contributed by atoms with E-state index < -0.39 is 5.97 Å². The summed E-state index contributed by atoms with van der Waals surface area (Å²) in [5, 5.41) is 8.37. The van der Waals surface area contributed by atoms with Crippen molar-refractivity contribution < 1.29 is 19.1 Å². The quantitative estimate of drug-likeness (QED) is 0.616. The number of hydrogen-bond acceptors (Lipinski definition) is 3. The lowest BCUT2D eigenvalue weighted by Gasteiger charge is -1.83. The predicted octanol–water partition coefficient (Wildman–Crippen LogP) is 0.790. The van der Waals surface area contributed by atoms with E-state index in [4.69, 9.17) is 5.11 Å². The normalized spacial score (nSPS) is 9.20. The molecule has 1 aromatic rings. The van der Waals surface area contributed by atoms with Crippen LogP contribution in [0.3, 0.4) is 0 Å². The molecule has 0 unspecified atom stereocenters. The summed E-state index contributed by atoms with van der Waals surface area (Å²) in [5.41, 5.74) is -0.0394. The van der Waals surface area contributed by atoms with Crippen molar-refractivity contribution in [2.45, 2.75) is 0 Å². The molecule has 1 aromatic heterocycles. The molecule has 0 saturated heterocycles. The molecule has 4 heteroatoms. The standard InChI is InChI=1S/C6H4O4/c7-1-4-2-10-3-5(4)6(8)9/h1-3H,(H,8,9). The largest absolute Gasteiger partial charge is 0.478 e. The molecule has 0 radical (unpaired) electrons. The van der Waals surface area contributed by atoms with Crippen LogP contribution in [0.25, 0.3) is 0 Å². The van der Waals surface area contributed by atoms with Gasteiger partial charge in [0.15, 0.2) is 6.29 Å². The Labute approximate surface area is 56.1 Å². The molecule has 0 bridgehead atoms. The van der Waals surface area contributed by atoms with E-state index in [-0.39, 0.29) is 11.1 Å². The molecule has 1 N–H and O–H groups in total. The fourth-order valence-electron chi connectivity index (χ4n) is 0.572. The maximum absolute atomic E-state index is 10.2. The highest BCUT2D eigenvalue weighted by atomic mass is 16.4. The number of aromatic carboxylic acids is 1. The highest BCUT2D eigenvalue weighted by Crippen LogP contribution is 2.06. The van der Waals surface area contributed by atoms with Crippen molar-refractivity contribution in [3.63, 3.8) is 0 Å². The fourth-order valence-corrected chi connectivity index (χ4v) is 0.572. The van der Waals surface area contributed by atoms with Gasteiger partial charge in [-0.2, -0.15) is 0 Å². The zero-order chi connectivity index (χ0) is 7.56. The molecular weight excluding hydrogens is 136 g/mol. The lowest BCUT2D eigenvalue weighted by Crippen LogP contribution is -1.96. The molecule has 0 amide bonds. The van der Waals surface area contributed by atoms with Gasteiger partial charge in [0, 0.05) is 0 Å². The van der Waals surface area contributed by atoms with Crippen LogP contribution in [0.2, 0.25) is 0 Å². The Morgan fingerprint density at radius 2 is 2.30 bits per heavy atom. The van der Waals surface area contributed by atoms with Gasteiger partial charge < -0.3 is 9.52 Å². The molecule has 0 aliphatic rings. The smallest absolute Gasteiger partial charge is 0.339 e. The Morgan fingerprint density at radius 3 is 2.70 bits per heavy atom. The fraction of sp³-hybridized carbons (Fsp3) is 0. The molecule has 4 nitrogen and oxygen atoms in total. The zero-order valence-electron chi connectivity index (χ0n) is 4.90. The number of carboxylic acids is 1. The lowest BCUT2D eigenvalue weighted by atomic mass is 10.2. The summed E-state index contributed by atoms with van der Waals surface area (Å²) in [4.78, 5) is 20.3. The van der Waals surface area contributed by atoms with Crippen molar-refractivity contribution >= 4 is 12.3 Å². The van der Waals surface area contributed by atoms with E-state index >= 15 is 0 Å². The Bertz CT molecular complexity index is 260. The van der Waals surface area contributed by atoms with Gasteiger partial charge in [-0.25, -0.2) is 4.79 Å². The van der Waals surface area contributed by atoms with Gasteiger partial charge in [-0.15, -0.1) is 0 Å². The maximum atomic E-state index is 10.2. The first-order valence-electron chi connectivity index (χ1n) is 2.50. The van der Waals surface area contributed by atoms with Crippen molar-refractivity contribution in [3.8, 4) is 0 Å². The number of carbonyl (C=O) groups is 2. The third-order valence-electron chi connectivity index (χ3n) is 1.05. The molecule has 0 aromatic carbocycles. The average molecular weight is 140 g/mol. The summed E-state index contributed by atoms with van der Waals surface area (Å²) in [6, 6.07) is 0. The molecule has 0 atom stereocenters. The van der Waals surface area contributed by atoms with Gasteiger partial charge in [0.1, 0.15) is 18.1 Å². The van der Waals surface area contributed by atoms with E-state index in [1.807, 2.05) is 0 Å². The molecule has 52 valence electrons. The van der Waals surface area contributed by atoms with E-state index in [1.165, 1.54) is 0 Å². The second-order valence-electron chi connectivity index (χ2n) is 1.66. The van der Waals surface area contributed by atoms with Gasteiger partial charge in [-0.05, 0) is 0 Å². The van der Waals surface area contributed by atoms with Gasteiger partial charge in [-0.3, -0.25) is 4.79 Å². The van der Waals surface area contributed by atoms with Crippen LogP contribution < -0.4 is 0 Å². The summed E-state index contributed by atoms with van der Waals surface area (Å²) in [5.74, 6) is -1.16. The minimum atomic E-state index is -1.16. The number of rotatable bonds is 2. The van der Waals surface area contributed by atoms with E-state index in [0.717, 1.165) is 12.5 Å². The van der Waals surface area contributed by atoms with Crippen molar-refractivity contribution in [1.29, 1.82) is 0 Å². The number of furan rings is 1. The number of hydrogen-bond donors (Lipinski definition) is 1. The Hall–Kier alpha value is -1.58.